The molecule has 18 heavy (non-hydrogen) atoms. The summed E-state index contributed by atoms with van der Waals surface area (Å²) in [5.41, 5.74) is 0.635. The Bertz CT molecular complexity index is 429. The summed E-state index contributed by atoms with van der Waals surface area (Å²) in [5.74, 6) is 0. The zero-order valence-corrected chi connectivity index (χ0v) is 11.3. The van der Waals surface area contributed by atoms with Gasteiger partial charge in [-0.15, -0.1) is 0 Å². The molecule has 2 unspecified atom stereocenters. The van der Waals surface area contributed by atoms with Crippen molar-refractivity contribution in [1.82, 2.24) is 4.90 Å². The molecule has 0 radical (unpaired) electrons. The van der Waals surface area contributed by atoms with Crippen LogP contribution in [0.2, 0.25) is 5.02 Å². The molecule has 1 N–H and O–H groups in total. The number of nitrogens with zero attached hydrogens (tertiary/aromatic N) is 1. The number of benzene rings is 1. The second kappa shape index (κ2) is 5.59. The van der Waals surface area contributed by atoms with Crippen LogP contribution in [0.15, 0.2) is 24.3 Å². The average molecular weight is 269 g/mol. The third-order valence-electron chi connectivity index (χ3n) is 2.82. The van der Waals surface area contributed by atoms with Crippen LogP contribution in [-0.4, -0.2) is 36.2 Å². The van der Waals surface area contributed by atoms with Crippen LogP contribution < -0.4 is 5.32 Å². The number of halogens is 1. The van der Waals surface area contributed by atoms with E-state index in [-0.39, 0.29) is 18.2 Å². The number of carbonyl (C=O) groups excluding carboxylic acids is 1. The van der Waals surface area contributed by atoms with Gasteiger partial charge in [0.2, 0.25) is 0 Å². The number of carbonyl (C=O) groups is 1. The molecule has 2 atom stereocenters. The summed E-state index contributed by atoms with van der Waals surface area (Å²) >= 11 is 6.01. The van der Waals surface area contributed by atoms with E-state index in [0.29, 0.717) is 23.8 Å². The first-order valence-electron chi connectivity index (χ1n) is 6.02. The Morgan fingerprint density at radius 1 is 1.33 bits per heavy atom. The van der Waals surface area contributed by atoms with Gasteiger partial charge in [0.25, 0.3) is 0 Å². The molecule has 1 aromatic carbocycles. The minimum Gasteiger partial charge on any atom is -0.372 e. The molecule has 1 aliphatic heterocycles. The van der Waals surface area contributed by atoms with Gasteiger partial charge in [-0.3, -0.25) is 0 Å². The molecule has 5 heteroatoms. The first-order valence-corrected chi connectivity index (χ1v) is 6.40. The summed E-state index contributed by atoms with van der Waals surface area (Å²) in [6.45, 7) is 5.12. The second-order valence-corrected chi connectivity index (χ2v) is 4.98. The first-order chi connectivity index (χ1) is 8.56. The SMILES string of the molecule is CC1CN(C(=O)Nc2ccccc2Cl)CC(C)O1. The quantitative estimate of drug-likeness (QED) is 0.851. The highest BCUT2D eigenvalue weighted by Crippen LogP contribution is 2.21. The number of anilines is 1. The molecule has 1 aromatic rings. The number of ether oxygens (including phenoxy) is 1. The maximum absolute atomic E-state index is 12.1. The van der Waals surface area contributed by atoms with Gasteiger partial charge in [0.15, 0.2) is 0 Å². The number of hydrogen-bond donors (Lipinski definition) is 1. The second-order valence-electron chi connectivity index (χ2n) is 4.57. The largest absolute Gasteiger partial charge is 0.372 e. The summed E-state index contributed by atoms with van der Waals surface area (Å²) in [6, 6.07) is 7.07. The predicted molar refractivity (Wildman–Crippen MR) is 72.1 cm³/mol. The Morgan fingerprint density at radius 2 is 1.94 bits per heavy atom. The third kappa shape index (κ3) is 3.15. The fraction of sp³-hybridized carbons (Fsp3) is 0.462. The summed E-state index contributed by atoms with van der Waals surface area (Å²) in [7, 11) is 0. The summed E-state index contributed by atoms with van der Waals surface area (Å²) < 4.78 is 5.59. The number of para-hydroxylation sites is 1. The molecule has 1 heterocycles. The van der Waals surface area contributed by atoms with Gasteiger partial charge in [-0.25, -0.2) is 4.79 Å². The summed E-state index contributed by atoms with van der Waals surface area (Å²) in [4.78, 5) is 13.9. The van der Waals surface area contributed by atoms with Crippen molar-refractivity contribution < 1.29 is 9.53 Å². The molecule has 2 amide bonds. The van der Waals surface area contributed by atoms with E-state index in [9.17, 15) is 4.79 Å². The number of hydrogen-bond acceptors (Lipinski definition) is 2. The Kier molecular flexibility index (Phi) is 4.09. The van der Waals surface area contributed by atoms with Crippen molar-refractivity contribution in [1.29, 1.82) is 0 Å². The predicted octanol–water partition coefficient (Wildman–Crippen LogP) is 2.98. The lowest BCUT2D eigenvalue weighted by molar-refractivity contribution is -0.0530. The van der Waals surface area contributed by atoms with Crippen LogP contribution in [-0.2, 0) is 4.74 Å². The zero-order valence-electron chi connectivity index (χ0n) is 10.5. The normalized spacial score (nSPS) is 23.8. The van der Waals surface area contributed by atoms with Gasteiger partial charge in [-0.1, -0.05) is 23.7 Å². The van der Waals surface area contributed by atoms with Gasteiger partial charge >= 0.3 is 6.03 Å². The number of morpholine rings is 1. The van der Waals surface area contributed by atoms with Gasteiger partial charge in [0, 0.05) is 13.1 Å². The Hall–Kier alpha value is -1.26. The molecule has 0 aliphatic carbocycles. The highest BCUT2D eigenvalue weighted by molar-refractivity contribution is 6.33. The monoisotopic (exact) mass is 268 g/mol. The van der Waals surface area contributed by atoms with Crippen LogP contribution in [0.3, 0.4) is 0 Å². The highest BCUT2D eigenvalue weighted by atomic mass is 35.5. The van der Waals surface area contributed by atoms with Crippen molar-refractivity contribution in [3.63, 3.8) is 0 Å². The molecule has 1 fully saturated rings. The summed E-state index contributed by atoms with van der Waals surface area (Å²) in [5, 5.41) is 3.36. The molecule has 1 aliphatic rings. The summed E-state index contributed by atoms with van der Waals surface area (Å²) in [6.07, 6.45) is 0.122. The smallest absolute Gasteiger partial charge is 0.322 e. The van der Waals surface area contributed by atoms with E-state index in [1.165, 1.54) is 0 Å². The van der Waals surface area contributed by atoms with Crippen molar-refractivity contribution in [3.8, 4) is 0 Å². The molecule has 4 nitrogen and oxygen atoms in total. The van der Waals surface area contributed by atoms with Crippen molar-refractivity contribution in [2.75, 3.05) is 18.4 Å². The maximum Gasteiger partial charge on any atom is 0.322 e. The molecular weight excluding hydrogens is 252 g/mol. The Morgan fingerprint density at radius 3 is 2.56 bits per heavy atom. The van der Waals surface area contributed by atoms with Crippen LogP contribution in [0.4, 0.5) is 10.5 Å². The van der Waals surface area contributed by atoms with Gasteiger partial charge in [0.05, 0.1) is 22.9 Å². The van der Waals surface area contributed by atoms with Crippen molar-refractivity contribution in [2.45, 2.75) is 26.1 Å². The number of rotatable bonds is 1. The number of amides is 2. The maximum atomic E-state index is 12.1. The Labute approximate surface area is 112 Å². The number of nitrogens with one attached hydrogen (secondary N) is 1. The van der Waals surface area contributed by atoms with Crippen LogP contribution in [0, 0.1) is 0 Å². The van der Waals surface area contributed by atoms with Crippen molar-refractivity contribution in [2.24, 2.45) is 0 Å². The van der Waals surface area contributed by atoms with E-state index < -0.39 is 0 Å². The van der Waals surface area contributed by atoms with Gasteiger partial charge in [0.1, 0.15) is 0 Å². The van der Waals surface area contributed by atoms with Crippen molar-refractivity contribution in [3.05, 3.63) is 29.3 Å². The van der Waals surface area contributed by atoms with E-state index in [1.54, 1.807) is 17.0 Å². The van der Waals surface area contributed by atoms with E-state index in [0.717, 1.165) is 0 Å². The lowest BCUT2D eigenvalue weighted by Crippen LogP contribution is -2.49. The topological polar surface area (TPSA) is 41.6 Å². The van der Waals surface area contributed by atoms with Gasteiger partial charge in [-0.2, -0.15) is 0 Å². The van der Waals surface area contributed by atoms with Crippen molar-refractivity contribution >= 4 is 23.3 Å². The lowest BCUT2D eigenvalue weighted by Gasteiger charge is -2.35. The Balaban J connectivity index is 2.02. The van der Waals surface area contributed by atoms with Crippen LogP contribution >= 0.6 is 11.6 Å². The van der Waals surface area contributed by atoms with Gasteiger partial charge < -0.3 is 15.0 Å². The minimum absolute atomic E-state index is 0.0609. The molecule has 0 saturated carbocycles. The molecule has 0 aromatic heterocycles. The lowest BCUT2D eigenvalue weighted by atomic mass is 10.2. The minimum atomic E-state index is -0.134. The van der Waals surface area contributed by atoms with E-state index in [1.807, 2.05) is 26.0 Å². The molecule has 2 rings (SSSR count). The van der Waals surface area contributed by atoms with E-state index in [4.69, 9.17) is 16.3 Å². The molecule has 98 valence electrons. The van der Waals surface area contributed by atoms with Crippen LogP contribution in [0.5, 0.6) is 0 Å². The third-order valence-corrected chi connectivity index (χ3v) is 3.15. The molecule has 0 spiro atoms. The fourth-order valence-corrected chi connectivity index (χ4v) is 2.28. The highest BCUT2D eigenvalue weighted by Gasteiger charge is 2.26. The van der Waals surface area contributed by atoms with Gasteiger partial charge in [-0.05, 0) is 26.0 Å². The van der Waals surface area contributed by atoms with Crippen LogP contribution in [0.1, 0.15) is 13.8 Å². The first kappa shape index (κ1) is 13.2. The fourth-order valence-electron chi connectivity index (χ4n) is 2.10. The number of urea groups is 1. The van der Waals surface area contributed by atoms with Crippen LogP contribution in [0.25, 0.3) is 0 Å². The van der Waals surface area contributed by atoms with E-state index in [2.05, 4.69) is 5.32 Å². The average Bonchev–Trinajstić information content (AvgIpc) is 2.31. The molecule has 0 bridgehead atoms. The molecule has 1 saturated heterocycles. The van der Waals surface area contributed by atoms with E-state index >= 15 is 0 Å². The zero-order chi connectivity index (χ0) is 13.1. The standard InChI is InChI=1S/C13H17ClN2O2/c1-9-7-16(8-10(2)18-9)13(17)15-12-6-4-3-5-11(12)14/h3-6,9-10H,7-8H2,1-2H3,(H,15,17). The molecular formula is C13H17ClN2O2.